The van der Waals surface area contributed by atoms with E-state index in [9.17, 15) is 4.39 Å². The zero-order chi connectivity index (χ0) is 17.7. The standard InChI is InChI=1S/C18H14Br2FN.C2H6/c1-11-15(20)10-13(12-6-3-2-4-7-12)18(22-11)17-14(19)8-5-9-16(17)21;1-2/h2-9,15,22H,1,10H2;1-2H3. The van der Waals surface area contributed by atoms with Crippen molar-refractivity contribution in [3.8, 4) is 0 Å². The predicted octanol–water partition coefficient (Wildman–Crippen LogP) is 6.75. The third-order valence-corrected chi connectivity index (χ3v) is 5.22. The molecule has 1 unspecified atom stereocenters. The molecule has 4 heteroatoms. The smallest absolute Gasteiger partial charge is 0.133 e. The molecular formula is C20H20Br2FN. The quantitative estimate of drug-likeness (QED) is 0.496. The van der Waals surface area contributed by atoms with Crippen LogP contribution in [0.15, 0.2) is 65.3 Å². The molecule has 1 aliphatic heterocycles. The van der Waals surface area contributed by atoms with Gasteiger partial charge in [0.1, 0.15) is 5.82 Å². The molecule has 0 bridgehead atoms. The SMILES string of the molecule is C=C1NC(c2c(F)cccc2Br)=C(c2ccccc2)CC1Br.CC. The normalized spacial score (nSPS) is 17.0. The van der Waals surface area contributed by atoms with Crippen LogP contribution in [0.4, 0.5) is 4.39 Å². The summed E-state index contributed by atoms with van der Waals surface area (Å²) >= 11 is 7.09. The molecule has 0 radical (unpaired) electrons. The van der Waals surface area contributed by atoms with Gasteiger partial charge in [-0.2, -0.15) is 0 Å². The summed E-state index contributed by atoms with van der Waals surface area (Å²) in [4.78, 5) is 0.122. The zero-order valence-corrected chi connectivity index (χ0v) is 16.9. The lowest BCUT2D eigenvalue weighted by Gasteiger charge is -2.29. The molecule has 1 heterocycles. The molecule has 0 spiro atoms. The molecule has 2 aromatic carbocycles. The highest BCUT2D eigenvalue weighted by atomic mass is 79.9. The summed E-state index contributed by atoms with van der Waals surface area (Å²) in [6.45, 7) is 8.03. The van der Waals surface area contributed by atoms with Gasteiger partial charge in [0.15, 0.2) is 0 Å². The van der Waals surface area contributed by atoms with Crippen LogP contribution in [0.3, 0.4) is 0 Å². The van der Waals surface area contributed by atoms with Gasteiger partial charge < -0.3 is 5.32 Å². The fraction of sp³-hybridized carbons (Fsp3) is 0.200. The Kier molecular flexibility index (Phi) is 6.81. The Labute approximate surface area is 159 Å². The largest absolute Gasteiger partial charge is 0.358 e. The van der Waals surface area contributed by atoms with Crippen LogP contribution in [0.2, 0.25) is 0 Å². The monoisotopic (exact) mass is 451 g/mol. The minimum absolute atomic E-state index is 0.122. The average Bonchev–Trinajstić information content (AvgIpc) is 2.60. The van der Waals surface area contributed by atoms with Crippen LogP contribution in [-0.2, 0) is 0 Å². The van der Waals surface area contributed by atoms with E-state index in [0.717, 1.165) is 33.4 Å². The molecule has 24 heavy (non-hydrogen) atoms. The summed E-state index contributed by atoms with van der Waals surface area (Å²) in [6.07, 6.45) is 0.756. The first kappa shape index (κ1) is 18.9. The van der Waals surface area contributed by atoms with Gasteiger partial charge in [-0.15, -0.1) is 0 Å². The van der Waals surface area contributed by atoms with Crippen molar-refractivity contribution in [2.75, 3.05) is 0 Å². The number of alkyl halides is 1. The van der Waals surface area contributed by atoms with Gasteiger partial charge in [-0.3, -0.25) is 0 Å². The molecule has 3 rings (SSSR count). The molecule has 1 N–H and O–H groups in total. The third kappa shape index (κ3) is 3.98. The van der Waals surface area contributed by atoms with E-state index >= 15 is 0 Å². The lowest BCUT2D eigenvalue weighted by Crippen LogP contribution is -2.26. The number of benzene rings is 2. The molecule has 0 fully saturated rings. The van der Waals surface area contributed by atoms with Crippen molar-refractivity contribution >= 4 is 43.1 Å². The van der Waals surface area contributed by atoms with Crippen LogP contribution in [0.5, 0.6) is 0 Å². The Bertz CT molecular complexity index is 733. The fourth-order valence-corrected chi connectivity index (χ4v) is 3.55. The van der Waals surface area contributed by atoms with Crippen molar-refractivity contribution in [3.05, 3.63) is 82.2 Å². The third-order valence-electron chi connectivity index (χ3n) is 3.68. The summed E-state index contributed by atoms with van der Waals surface area (Å²) < 4.78 is 15.1. The van der Waals surface area contributed by atoms with Crippen LogP contribution in [0.25, 0.3) is 11.3 Å². The highest BCUT2D eigenvalue weighted by molar-refractivity contribution is 9.10. The molecule has 1 atom stereocenters. The molecule has 126 valence electrons. The number of hydrogen-bond acceptors (Lipinski definition) is 1. The van der Waals surface area contributed by atoms with Crippen molar-refractivity contribution in [2.45, 2.75) is 25.1 Å². The lowest BCUT2D eigenvalue weighted by molar-refractivity contribution is 0.621. The van der Waals surface area contributed by atoms with E-state index < -0.39 is 0 Å². The molecular weight excluding hydrogens is 433 g/mol. The molecule has 0 saturated heterocycles. The van der Waals surface area contributed by atoms with Gasteiger partial charge in [0.05, 0.1) is 10.5 Å². The van der Waals surface area contributed by atoms with Crippen LogP contribution in [-0.4, -0.2) is 4.83 Å². The zero-order valence-electron chi connectivity index (χ0n) is 13.7. The van der Waals surface area contributed by atoms with Crippen molar-refractivity contribution in [2.24, 2.45) is 0 Å². The highest BCUT2D eigenvalue weighted by Crippen LogP contribution is 2.39. The lowest BCUT2D eigenvalue weighted by atomic mass is 9.91. The molecule has 1 aliphatic rings. The van der Waals surface area contributed by atoms with Crippen molar-refractivity contribution in [1.29, 1.82) is 0 Å². The summed E-state index contributed by atoms with van der Waals surface area (Å²) in [7, 11) is 0. The van der Waals surface area contributed by atoms with Crippen molar-refractivity contribution in [3.63, 3.8) is 0 Å². The number of halogens is 3. The van der Waals surface area contributed by atoms with Gasteiger partial charge in [-0.05, 0) is 45.6 Å². The van der Waals surface area contributed by atoms with Crippen LogP contribution < -0.4 is 5.32 Å². The first-order chi connectivity index (χ1) is 11.6. The predicted molar refractivity (Wildman–Crippen MR) is 108 cm³/mol. The van der Waals surface area contributed by atoms with Gasteiger partial charge in [-0.25, -0.2) is 4.39 Å². The topological polar surface area (TPSA) is 12.0 Å². The van der Waals surface area contributed by atoms with Crippen LogP contribution in [0.1, 0.15) is 31.4 Å². The molecule has 0 aromatic heterocycles. The Morgan fingerprint density at radius 2 is 1.75 bits per heavy atom. The maximum Gasteiger partial charge on any atom is 0.133 e. The second-order valence-corrected chi connectivity index (χ2v) is 7.10. The van der Waals surface area contributed by atoms with Gasteiger partial charge in [0.25, 0.3) is 0 Å². The molecule has 1 nitrogen and oxygen atoms in total. The molecule has 0 aliphatic carbocycles. The van der Waals surface area contributed by atoms with Crippen LogP contribution in [0, 0.1) is 5.82 Å². The minimum atomic E-state index is -0.258. The van der Waals surface area contributed by atoms with E-state index in [4.69, 9.17) is 0 Å². The Morgan fingerprint density at radius 3 is 2.38 bits per heavy atom. The first-order valence-electron chi connectivity index (χ1n) is 7.90. The second kappa shape index (κ2) is 8.63. The van der Waals surface area contributed by atoms with Gasteiger partial charge in [0, 0.05) is 15.7 Å². The molecule has 0 saturated carbocycles. The number of rotatable bonds is 2. The summed E-state index contributed by atoms with van der Waals surface area (Å²) in [5, 5.41) is 3.28. The van der Waals surface area contributed by atoms with E-state index in [1.54, 1.807) is 6.07 Å². The summed E-state index contributed by atoms with van der Waals surface area (Å²) in [6, 6.07) is 15.0. The van der Waals surface area contributed by atoms with E-state index in [2.05, 4.69) is 43.8 Å². The van der Waals surface area contributed by atoms with Crippen LogP contribution >= 0.6 is 31.9 Å². The Balaban J connectivity index is 0.00000100. The second-order valence-electron chi connectivity index (χ2n) is 5.14. The number of allylic oxidation sites excluding steroid dienone is 2. The minimum Gasteiger partial charge on any atom is -0.358 e. The van der Waals surface area contributed by atoms with E-state index in [1.807, 2.05) is 50.2 Å². The maximum atomic E-state index is 14.4. The summed E-state index contributed by atoms with van der Waals surface area (Å²) in [5.41, 5.74) is 4.31. The molecule has 2 aromatic rings. The fourth-order valence-electron chi connectivity index (χ4n) is 2.57. The first-order valence-corrected chi connectivity index (χ1v) is 9.61. The van der Waals surface area contributed by atoms with Gasteiger partial charge in [0.2, 0.25) is 0 Å². The molecule has 0 amide bonds. The number of nitrogens with one attached hydrogen (secondary N) is 1. The highest BCUT2D eigenvalue weighted by Gasteiger charge is 2.26. The Morgan fingerprint density at radius 1 is 1.08 bits per heavy atom. The average molecular weight is 453 g/mol. The van der Waals surface area contributed by atoms with Gasteiger partial charge in [-0.1, -0.05) is 72.8 Å². The Hall–Kier alpha value is -1.39. The van der Waals surface area contributed by atoms with E-state index in [1.165, 1.54) is 6.07 Å². The van der Waals surface area contributed by atoms with Crippen molar-refractivity contribution < 1.29 is 4.39 Å². The van der Waals surface area contributed by atoms with Crippen molar-refractivity contribution in [1.82, 2.24) is 5.32 Å². The maximum absolute atomic E-state index is 14.4. The summed E-state index contributed by atoms with van der Waals surface area (Å²) in [5.74, 6) is -0.258. The van der Waals surface area contributed by atoms with E-state index in [-0.39, 0.29) is 10.6 Å². The number of hydrogen-bond donors (Lipinski definition) is 1. The van der Waals surface area contributed by atoms with E-state index in [0.29, 0.717) is 5.56 Å². The van der Waals surface area contributed by atoms with Gasteiger partial charge >= 0.3 is 0 Å².